The van der Waals surface area contributed by atoms with E-state index in [9.17, 15) is 5.11 Å². The van der Waals surface area contributed by atoms with Crippen molar-refractivity contribution in [3.05, 3.63) is 30.0 Å². The molecule has 0 radical (unpaired) electrons. The van der Waals surface area contributed by atoms with Crippen LogP contribution in [0.15, 0.2) is 28.7 Å². The Morgan fingerprint density at radius 2 is 2.23 bits per heavy atom. The Balaban J connectivity index is 2.55. The molecule has 3 N–H and O–H groups in total. The number of benzene rings is 1. The molecule has 1 aromatic carbocycles. The maximum Gasteiger partial charge on any atom is 0.137 e. The van der Waals surface area contributed by atoms with Gasteiger partial charge in [-0.3, -0.25) is 0 Å². The first kappa shape index (κ1) is 8.13. The van der Waals surface area contributed by atoms with Crippen LogP contribution >= 0.6 is 0 Å². The maximum absolute atomic E-state index is 9.46. The van der Waals surface area contributed by atoms with Gasteiger partial charge in [0.25, 0.3) is 0 Å². The Kier molecular flexibility index (Phi) is 1.94. The summed E-state index contributed by atoms with van der Waals surface area (Å²) < 4.78 is 5.45. The van der Waals surface area contributed by atoms with Crippen molar-refractivity contribution in [2.45, 2.75) is 6.42 Å². The van der Waals surface area contributed by atoms with E-state index in [2.05, 4.69) is 0 Å². The van der Waals surface area contributed by atoms with Gasteiger partial charge in [-0.2, -0.15) is 0 Å². The van der Waals surface area contributed by atoms with Crippen molar-refractivity contribution in [1.82, 2.24) is 0 Å². The second kappa shape index (κ2) is 3.11. The number of furan rings is 1. The van der Waals surface area contributed by atoms with Crippen LogP contribution < -0.4 is 5.73 Å². The van der Waals surface area contributed by atoms with Crippen molar-refractivity contribution < 1.29 is 9.52 Å². The summed E-state index contributed by atoms with van der Waals surface area (Å²) in [6.07, 6.45) is 0.703. The van der Waals surface area contributed by atoms with Crippen LogP contribution in [0.25, 0.3) is 11.0 Å². The lowest BCUT2D eigenvalue weighted by atomic mass is 10.2. The number of hydrogen-bond donors (Lipinski definition) is 2. The number of fused-ring (bicyclic) bond motifs is 1. The van der Waals surface area contributed by atoms with Gasteiger partial charge in [-0.1, -0.05) is 6.07 Å². The van der Waals surface area contributed by atoms with Crippen LogP contribution in [0.5, 0.6) is 5.75 Å². The van der Waals surface area contributed by atoms with Gasteiger partial charge in [-0.15, -0.1) is 0 Å². The maximum atomic E-state index is 9.46. The summed E-state index contributed by atoms with van der Waals surface area (Å²) in [5.41, 5.74) is 6.11. The lowest BCUT2D eigenvalue weighted by molar-refractivity contribution is 0.481. The van der Waals surface area contributed by atoms with Gasteiger partial charge < -0.3 is 15.3 Å². The van der Waals surface area contributed by atoms with Crippen LogP contribution in [0.2, 0.25) is 0 Å². The first-order valence-corrected chi connectivity index (χ1v) is 4.22. The highest BCUT2D eigenvalue weighted by molar-refractivity contribution is 5.84. The first-order chi connectivity index (χ1) is 6.31. The molecule has 1 heterocycles. The molecule has 2 rings (SSSR count). The third-order valence-electron chi connectivity index (χ3n) is 1.98. The molecule has 0 spiro atoms. The molecule has 3 nitrogen and oxygen atoms in total. The van der Waals surface area contributed by atoms with Crippen LogP contribution in [0, 0.1) is 0 Å². The molecule has 0 unspecified atom stereocenters. The van der Waals surface area contributed by atoms with Crippen LogP contribution in [0.1, 0.15) is 5.76 Å². The van der Waals surface area contributed by atoms with Crippen molar-refractivity contribution in [3.63, 3.8) is 0 Å². The molecule has 0 aliphatic carbocycles. The fourth-order valence-electron chi connectivity index (χ4n) is 1.36. The molecule has 0 amide bonds. The fraction of sp³-hybridized carbons (Fsp3) is 0.200. The average molecular weight is 177 g/mol. The average Bonchev–Trinajstić information content (AvgIpc) is 2.49. The van der Waals surface area contributed by atoms with Crippen LogP contribution in [-0.2, 0) is 6.42 Å². The molecule has 68 valence electrons. The van der Waals surface area contributed by atoms with E-state index in [4.69, 9.17) is 10.2 Å². The highest BCUT2D eigenvalue weighted by Crippen LogP contribution is 2.27. The smallest absolute Gasteiger partial charge is 0.137 e. The van der Waals surface area contributed by atoms with E-state index in [1.54, 1.807) is 12.1 Å². The lowest BCUT2D eigenvalue weighted by Gasteiger charge is -1.89. The third-order valence-corrected chi connectivity index (χ3v) is 1.98. The Labute approximate surface area is 75.8 Å². The molecule has 0 aliphatic heterocycles. The van der Waals surface area contributed by atoms with Crippen molar-refractivity contribution in [1.29, 1.82) is 0 Å². The number of aromatic hydroxyl groups is 1. The molecular formula is C10H11NO2. The molecule has 13 heavy (non-hydrogen) atoms. The van der Waals surface area contributed by atoms with Gasteiger partial charge in [0, 0.05) is 6.42 Å². The topological polar surface area (TPSA) is 59.4 Å². The molecule has 0 saturated carbocycles. The Hall–Kier alpha value is -1.48. The molecule has 0 fully saturated rings. The molecular weight excluding hydrogens is 166 g/mol. The zero-order chi connectivity index (χ0) is 9.26. The quantitative estimate of drug-likeness (QED) is 0.733. The largest absolute Gasteiger partial charge is 0.507 e. The predicted octanol–water partition coefficient (Wildman–Crippen LogP) is 1.64. The SMILES string of the molecule is NCCc1cc2c(O)cccc2o1. The fourth-order valence-corrected chi connectivity index (χ4v) is 1.36. The van der Waals surface area contributed by atoms with Gasteiger partial charge in [-0.05, 0) is 24.7 Å². The van der Waals surface area contributed by atoms with E-state index >= 15 is 0 Å². The van der Waals surface area contributed by atoms with E-state index in [-0.39, 0.29) is 5.75 Å². The van der Waals surface area contributed by atoms with E-state index < -0.39 is 0 Å². The summed E-state index contributed by atoms with van der Waals surface area (Å²) in [4.78, 5) is 0. The van der Waals surface area contributed by atoms with E-state index in [0.29, 0.717) is 18.5 Å². The van der Waals surface area contributed by atoms with E-state index in [1.165, 1.54) is 0 Å². The Bertz CT molecular complexity index is 420. The number of phenolic OH excluding ortho intramolecular Hbond substituents is 1. The highest BCUT2D eigenvalue weighted by atomic mass is 16.3. The molecule has 0 bridgehead atoms. The summed E-state index contributed by atoms with van der Waals surface area (Å²) >= 11 is 0. The summed E-state index contributed by atoms with van der Waals surface area (Å²) in [7, 11) is 0. The second-order valence-corrected chi connectivity index (χ2v) is 2.94. The van der Waals surface area contributed by atoms with Gasteiger partial charge in [0.15, 0.2) is 0 Å². The molecule has 0 atom stereocenters. The molecule has 1 aromatic heterocycles. The highest BCUT2D eigenvalue weighted by Gasteiger charge is 2.05. The number of hydrogen-bond acceptors (Lipinski definition) is 3. The van der Waals surface area contributed by atoms with Crippen molar-refractivity contribution in [3.8, 4) is 5.75 Å². The van der Waals surface area contributed by atoms with Crippen molar-refractivity contribution >= 4 is 11.0 Å². The van der Waals surface area contributed by atoms with E-state index in [0.717, 1.165) is 11.1 Å². The molecule has 2 aromatic rings. The number of nitrogens with two attached hydrogens (primary N) is 1. The third kappa shape index (κ3) is 1.38. The van der Waals surface area contributed by atoms with Gasteiger partial charge in [0.1, 0.15) is 17.1 Å². The summed E-state index contributed by atoms with van der Waals surface area (Å²) in [5, 5.41) is 10.2. The zero-order valence-electron chi connectivity index (χ0n) is 7.16. The summed E-state index contributed by atoms with van der Waals surface area (Å²) in [5.74, 6) is 1.07. The van der Waals surface area contributed by atoms with Gasteiger partial charge in [0.05, 0.1) is 5.39 Å². The monoisotopic (exact) mass is 177 g/mol. The van der Waals surface area contributed by atoms with Crippen LogP contribution in [0.4, 0.5) is 0 Å². The van der Waals surface area contributed by atoms with Crippen LogP contribution in [-0.4, -0.2) is 11.7 Å². The number of phenols is 1. The normalized spacial score (nSPS) is 10.8. The minimum atomic E-state index is 0.254. The second-order valence-electron chi connectivity index (χ2n) is 2.94. The van der Waals surface area contributed by atoms with Gasteiger partial charge in [-0.25, -0.2) is 0 Å². The van der Waals surface area contributed by atoms with E-state index in [1.807, 2.05) is 12.1 Å². The molecule has 3 heteroatoms. The van der Waals surface area contributed by atoms with Crippen LogP contribution in [0.3, 0.4) is 0 Å². The van der Waals surface area contributed by atoms with Gasteiger partial charge in [0.2, 0.25) is 0 Å². The minimum absolute atomic E-state index is 0.254. The zero-order valence-corrected chi connectivity index (χ0v) is 7.16. The lowest BCUT2D eigenvalue weighted by Crippen LogP contribution is -2.01. The van der Waals surface area contributed by atoms with Crippen molar-refractivity contribution in [2.24, 2.45) is 5.73 Å². The minimum Gasteiger partial charge on any atom is -0.507 e. The predicted molar refractivity (Wildman–Crippen MR) is 50.6 cm³/mol. The number of rotatable bonds is 2. The van der Waals surface area contributed by atoms with Crippen molar-refractivity contribution in [2.75, 3.05) is 6.54 Å². The van der Waals surface area contributed by atoms with Gasteiger partial charge >= 0.3 is 0 Å². The summed E-state index contributed by atoms with van der Waals surface area (Å²) in [6.45, 7) is 0.556. The first-order valence-electron chi connectivity index (χ1n) is 4.22. The Morgan fingerprint density at radius 1 is 1.38 bits per heavy atom. The summed E-state index contributed by atoms with van der Waals surface area (Å²) in [6, 6.07) is 7.06. The molecule has 0 saturated heterocycles. The Morgan fingerprint density at radius 3 is 2.92 bits per heavy atom. The standard InChI is InChI=1S/C10H11NO2/c11-5-4-7-6-8-9(12)2-1-3-10(8)13-7/h1-3,6,12H,4-5,11H2. The molecule has 0 aliphatic rings.